The summed E-state index contributed by atoms with van der Waals surface area (Å²) in [5, 5.41) is 0. The van der Waals surface area contributed by atoms with Crippen LogP contribution in [0.1, 0.15) is 51.0 Å². The third kappa shape index (κ3) is 4.58. The van der Waals surface area contributed by atoms with Crippen LogP contribution < -0.4 is 0 Å². The van der Waals surface area contributed by atoms with Crippen LogP contribution in [0.2, 0.25) is 0 Å². The quantitative estimate of drug-likeness (QED) is 0.683. The van der Waals surface area contributed by atoms with Gasteiger partial charge in [0.2, 0.25) is 5.91 Å². The molecule has 22 heavy (non-hydrogen) atoms. The molecule has 1 aliphatic rings. The summed E-state index contributed by atoms with van der Waals surface area (Å²) in [4.78, 5) is 25.5. The molecule has 1 aromatic rings. The normalized spacial score (nSPS) is 17.6. The van der Waals surface area contributed by atoms with Crippen molar-refractivity contribution in [1.29, 1.82) is 0 Å². The highest BCUT2D eigenvalue weighted by molar-refractivity contribution is 5.93. The number of unbranched alkanes of at least 4 members (excludes halogenated alkanes) is 4. The molecule has 2 rings (SSSR count). The first kappa shape index (κ1) is 16.5. The zero-order valence-corrected chi connectivity index (χ0v) is 13.3. The maximum atomic E-state index is 12.3. The Balaban J connectivity index is 1.86. The fraction of sp³-hybridized carbons (Fsp3) is 0.556. The summed E-state index contributed by atoms with van der Waals surface area (Å²) in [5.41, 5.74) is 1.12. The van der Waals surface area contributed by atoms with E-state index in [0.29, 0.717) is 19.4 Å². The summed E-state index contributed by atoms with van der Waals surface area (Å²) < 4.78 is 5.08. The van der Waals surface area contributed by atoms with Gasteiger partial charge in [-0.25, -0.2) is 9.69 Å². The van der Waals surface area contributed by atoms with Gasteiger partial charge in [-0.3, -0.25) is 4.79 Å². The van der Waals surface area contributed by atoms with Crippen molar-refractivity contribution >= 4 is 12.0 Å². The molecule has 0 aliphatic carbocycles. The third-order valence-electron chi connectivity index (χ3n) is 4.04. The number of ether oxygens (including phenoxy) is 1. The van der Waals surface area contributed by atoms with Gasteiger partial charge >= 0.3 is 6.09 Å². The molecule has 1 aromatic carbocycles. The molecule has 0 radical (unpaired) electrons. The fourth-order valence-corrected chi connectivity index (χ4v) is 2.80. The highest BCUT2D eigenvalue weighted by Crippen LogP contribution is 2.19. The fourth-order valence-electron chi connectivity index (χ4n) is 2.80. The molecule has 0 aromatic heterocycles. The van der Waals surface area contributed by atoms with Gasteiger partial charge in [0.15, 0.2) is 0 Å². The molecule has 1 aliphatic heterocycles. The van der Waals surface area contributed by atoms with E-state index >= 15 is 0 Å². The zero-order valence-electron chi connectivity index (χ0n) is 13.3. The number of carbonyl (C=O) groups excluding carboxylic acids is 2. The van der Waals surface area contributed by atoms with E-state index in [9.17, 15) is 9.59 Å². The smallest absolute Gasteiger partial charge is 0.416 e. The number of carbonyl (C=O) groups is 2. The Morgan fingerprint density at radius 1 is 1.18 bits per heavy atom. The molecular weight excluding hydrogens is 278 g/mol. The van der Waals surface area contributed by atoms with Crippen LogP contribution in [-0.2, 0) is 16.0 Å². The van der Waals surface area contributed by atoms with Gasteiger partial charge in [0.25, 0.3) is 0 Å². The SMILES string of the molecule is CCCCCCCC(=O)N1C(=O)OC[C@H]1Cc1ccccc1. The number of benzene rings is 1. The van der Waals surface area contributed by atoms with Crippen molar-refractivity contribution in [2.75, 3.05) is 6.61 Å². The molecule has 0 N–H and O–H groups in total. The van der Waals surface area contributed by atoms with Gasteiger partial charge in [-0.15, -0.1) is 0 Å². The third-order valence-corrected chi connectivity index (χ3v) is 4.04. The van der Waals surface area contributed by atoms with E-state index in [4.69, 9.17) is 4.74 Å². The van der Waals surface area contributed by atoms with Gasteiger partial charge in [0.1, 0.15) is 6.61 Å². The van der Waals surface area contributed by atoms with Crippen LogP contribution >= 0.6 is 0 Å². The standard InChI is InChI=1S/C18H25NO3/c1-2-3-4-5-9-12-17(20)19-16(14-22-18(19)21)13-15-10-7-6-8-11-15/h6-8,10-11,16H,2-5,9,12-14H2,1H3/t16-/m1/s1. The summed E-state index contributed by atoms with van der Waals surface area (Å²) in [6.45, 7) is 2.47. The first-order valence-corrected chi connectivity index (χ1v) is 8.25. The predicted molar refractivity (Wildman–Crippen MR) is 85.5 cm³/mol. The Morgan fingerprint density at radius 3 is 2.64 bits per heavy atom. The minimum absolute atomic E-state index is 0.0973. The number of hydrogen-bond donors (Lipinski definition) is 0. The Hall–Kier alpha value is -1.84. The van der Waals surface area contributed by atoms with E-state index < -0.39 is 6.09 Å². The number of rotatable bonds is 8. The number of amides is 2. The number of nitrogens with zero attached hydrogens (tertiary/aromatic N) is 1. The van der Waals surface area contributed by atoms with E-state index in [-0.39, 0.29) is 11.9 Å². The highest BCUT2D eigenvalue weighted by Gasteiger charge is 2.37. The molecule has 1 atom stereocenters. The largest absolute Gasteiger partial charge is 0.447 e. The molecule has 2 amide bonds. The first-order valence-electron chi connectivity index (χ1n) is 8.25. The van der Waals surface area contributed by atoms with Crippen molar-refractivity contribution in [1.82, 2.24) is 4.90 Å². The van der Waals surface area contributed by atoms with E-state index in [2.05, 4.69) is 6.92 Å². The molecule has 0 bridgehead atoms. The van der Waals surface area contributed by atoms with E-state index in [1.54, 1.807) is 0 Å². The van der Waals surface area contributed by atoms with Crippen molar-refractivity contribution in [3.8, 4) is 0 Å². The number of cyclic esters (lactones) is 1. The Labute approximate surface area is 132 Å². The summed E-state index contributed by atoms with van der Waals surface area (Å²) in [7, 11) is 0. The van der Waals surface area contributed by atoms with E-state index in [1.807, 2.05) is 30.3 Å². The summed E-state index contributed by atoms with van der Waals surface area (Å²) in [5.74, 6) is -0.0973. The minimum atomic E-state index is -0.487. The molecule has 1 saturated heterocycles. The van der Waals surface area contributed by atoms with Crippen LogP contribution in [0.25, 0.3) is 0 Å². The van der Waals surface area contributed by atoms with Gasteiger partial charge < -0.3 is 4.74 Å². The van der Waals surface area contributed by atoms with Gasteiger partial charge in [-0.2, -0.15) is 0 Å². The average Bonchev–Trinajstić information content (AvgIpc) is 2.88. The van der Waals surface area contributed by atoms with Crippen LogP contribution in [0, 0.1) is 0 Å². The summed E-state index contributed by atoms with van der Waals surface area (Å²) >= 11 is 0. The van der Waals surface area contributed by atoms with Crippen molar-refractivity contribution in [2.45, 2.75) is 57.9 Å². The zero-order chi connectivity index (χ0) is 15.8. The molecule has 1 heterocycles. The first-order chi connectivity index (χ1) is 10.7. The second-order valence-corrected chi connectivity index (χ2v) is 5.85. The summed E-state index contributed by atoms with van der Waals surface area (Å²) in [6.07, 6.45) is 6.05. The molecule has 4 heteroatoms. The Bertz CT molecular complexity index is 486. The van der Waals surface area contributed by atoms with E-state index in [1.165, 1.54) is 17.7 Å². The van der Waals surface area contributed by atoms with Crippen LogP contribution in [-0.4, -0.2) is 29.5 Å². The van der Waals surface area contributed by atoms with Gasteiger partial charge in [0.05, 0.1) is 6.04 Å². The lowest BCUT2D eigenvalue weighted by Gasteiger charge is -2.19. The van der Waals surface area contributed by atoms with Gasteiger partial charge in [-0.05, 0) is 18.4 Å². The lowest BCUT2D eigenvalue weighted by molar-refractivity contribution is -0.129. The molecule has 4 nitrogen and oxygen atoms in total. The van der Waals surface area contributed by atoms with E-state index in [0.717, 1.165) is 24.8 Å². The maximum Gasteiger partial charge on any atom is 0.416 e. The maximum absolute atomic E-state index is 12.3. The summed E-state index contributed by atoms with van der Waals surface area (Å²) in [6, 6.07) is 9.74. The number of hydrogen-bond acceptors (Lipinski definition) is 3. The number of imide groups is 1. The monoisotopic (exact) mass is 303 g/mol. The molecular formula is C18H25NO3. The molecule has 0 saturated carbocycles. The van der Waals surface area contributed by atoms with Crippen LogP contribution in [0.15, 0.2) is 30.3 Å². The second-order valence-electron chi connectivity index (χ2n) is 5.85. The molecule has 120 valence electrons. The molecule has 1 fully saturated rings. The Morgan fingerprint density at radius 2 is 1.91 bits per heavy atom. The second kappa shape index (κ2) is 8.57. The lowest BCUT2D eigenvalue weighted by Crippen LogP contribution is -2.40. The Kier molecular flexibility index (Phi) is 6.44. The minimum Gasteiger partial charge on any atom is -0.447 e. The van der Waals surface area contributed by atoms with Crippen molar-refractivity contribution < 1.29 is 14.3 Å². The van der Waals surface area contributed by atoms with Crippen molar-refractivity contribution in [3.05, 3.63) is 35.9 Å². The average molecular weight is 303 g/mol. The van der Waals surface area contributed by atoms with Crippen molar-refractivity contribution in [2.24, 2.45) is 0 Å². The van der Waals surface area contributed by atoms with Crippen molar-refractivity contribution in [3.63, 3.8) is 0 Å². The topological polar surface area (TPSA) is 46.6 Å². The van der Waals surface area contributed by atoms with Crippen LogP contribution in [0.4, 0.5) is 4.79 Å². The predicted octanol–water partition coefficient (Wildman–Crippen LogP) is 3.94. The highest BCUT2D eigenvalue weighted by atomic mass is 16.6. The molecule has 0 spiro atoms. The van der Waals surface area contributed by atoms with Crippen LogP contribution in [0.5, 0.6) is 0 Å². The van der Waals surface area contributed by atoms with Crippen LogP contribution in [0.3, 0.4) is 0 Å². The van der Waals surface area contributed by atoms with Gasteiger partial charge in [-0.1, -0.05) is 62.9 Å². The van der Waals surface area contributed by atoms with Gasteiger partial charge in [0, 0.05) is 6.42 Å². The lowest BCUT2D eigenvalue weighted by atomic mass is 10.1. The molecule has 0 unspecified atom stereocenters.